The molecule has 152 valence electrons. The zero-order valence-corrected chi connectivity index (χ0v) is 17.6. The molecule has 5 aromatic rings. The maximum Gasteiger partial charge on any atom is 0.208 e. The van der Waals surface area contributed by atoms with Gasteiger partial charge >= 0.3 is 0 Å². The molecule has 0 saturated heterocycles. The Labute approximate surface area is 185 Å². The molecule has 4 aromatic carbocycles. The highest BCUT2D eigenvalue weighted by atomic mass is 35.5. The van der Waals surface area contributed by atoms with Crippen LogP contribution in [0.15, 0.2) is 97.1 Å². The van der Waals surface area contributed by atoms with Crippen LogP contribution >= 0.6 is 11.6 Å². The van der Waals surface area contributed by atoms with E-state index in [9.17, 15) is 0 Å². The first-order valence-electron chi connectivity index (χ1n) is 10.1. The first-order valence-corrected chi connectivity index (χ1v) is 10.4. The molecule has 5 heteroatoms. The Bertz CT molecular complexity index is 1440. The number of nitrogen functional groups attached to an aromatic ring is 1. The molecule has 0 unspecified atom stereocenters. The highest BCUT2D eigenvalue weighted by Crippen LogP contribution is 2.25. The second-order valence-electron chi connectivity index (χ2n) is 7.50. The summed E-state index contributed by atoms with van der Waals surface area (Å²) in [5, 5.41) is 9.65. The lowest BCUT2D eigenvalue weighted by molar-refractivity contribution is 0.724. The zero-order chi connectivity index (χ0) is 21.4. The summed E-state index contributed by atoms with van der Waals surface area (Å²) in [6, 6.07) is 31.9. The van der Waals surface area contributed by atoms with E-state index in [0.29, 0.717) is 17.2 Å². The number of para-hydroxylation sites is 2. The maximum absolute atomic E-state index is 8.94. The van der Waals surface area contributed by atoms with Crippen molar-refractivity contribution in [2.24, 2.45) is 0 Å². The van der Waals surface area contributed by atoms with Crippen molar-refractivity contribution in [1.82, 2.24) is 9.13 Å². The summed E-state index contributed by atoms with van der Waals surface area (Å²) < 4.78 is 3.96. The second kappa shape index (κ2) is 7.82. The Morgan fingerprint density at radius 3 is 2.19 bits per heavy atom. The molecule has 1 heterocycles. The van der Waals surface area contributed by atoms with Crippen LogP contribution < -0.4 is 11.4 Å². The number of nitrogens with one attached hydrogen (secondary N) is 1. The average Bonchev–Trinajstić information content (AvgIpc) is 3.07. The van der Waals surface area contributed by atoms with E-state index in [0.717, 1.165) is 39.1 Å². The normalized spacial score (nSPS) is 11.1. The molecule has 0 atom stereocenters. The predicted molar refractivity (Wildman–Crippen MR) is 128 cm³/mol. The fourth-order valence-corrected chi connectivity index (χ4v) is 4.17. The number of benzene rings is 4. The van der Waals surface area contributed by atoms with Gasteiger partial charge in [-0.25, -0.2) is 0 Å². The van der Waals surface area contributed by atoms with Crippen molar-refractivity contribution in [2.75, 3.05) is 5.73 Å². The van der Waals surface area contributed by atoms with Crippen LogP contribution in [-0.2, 0) is 6.54 Å². The van der Waals surface area contributed by atoms with Gasteiger partial charge in [0, 0.05) is 16.4 Å². The number of fused-ring (bicyclic) bond motifs is 1. The standard InChI is InChI=1S/C26H21ClN4/c27-23-9-2-1-6-20(23)17-30-24-10-3-4-11-25(24)31(26(30)29)22-14-12-18(13-15-22)19-7-5-8-21(28)16-19/h1-16,29H,17,28H2. The fraction of sp³-hybridized carbons (Fsp3) is 0.0385. The first-order chi connectivity index (χ1) is 15.1. The molecule has 31 heavy (non-hydrogen) atoms. The smallest absolute Gasteiger partial charge is 0.208 e. The number of hydrogen-bond donors (Lipinski definition) is 2. The Kier molecular flexibility index (Phi) is 4.85. The van der Waals surface area contributed by atoms with Crippen LogP contribution in [0.3, 0.4) is 0 Å². The van der Waals surface area contributed by atoms with E-state index in [4.69, 9.17) is 22.7 Å². The molecule has 3 N–H and O–H groups in total. The summed E-state index contributed by atoms with van der Waals surface area (Å²) in [6.45, 7) is 0.535. The van der Waals surface area contributed by atoms with Crippen LogP contribution in [-0.4, -0.2) is 9.13 Å². The van der Waals surface area contributed by atoms with Gasteiger partial charge in [0.15, 0.2) is 0 Å². The van der Waals surface area contributed by atoms with Gasteiger partial charge in [-0.05, 0) is 59.2 Å². The van der Waals surface area contributed by atoms with Crippen LogP contribution in [0.5, 0.6) is 0 Å². The van der Waals surface area contributed by atoms with Crippen molar-refractivity contribution in [3.63, 3.8) is 0 Å². The minimum Gasteiger partial charge on any atom is -0.399 e. The molecular formula is C26H21ClN4. The van der Waals surface area contributed by atoms with Crippen LogP contribution in [0.4, 0.5) is 5.69 Å². The van der Waals surface area contributed by atoms with Gasteiger partial charge in [-0.3, -0.25) is 9.98 Å². The number of hydrogen-bond acceptors (Lipinski definition) is 2. The highest BCUT2D eigenvalue weighted by molar-refractivity contribution is 6.31. The van der Waals surface area contributed by atoms with E-state index in [2.05, 4.69) is 12.1 Å². The van der Waals surface area contributed by atoms with Gasteiger partial charge in [-0.2, -0.15) is 0 Å². The minimum atomic E-state index is 0.401. The van der Waals surface area contributed by atoms with Gasteiger partial charge in [0.25, 0.3) is 0 Å². The van der Waals surface area contributed by atoms with Gasteiger partial charge in [-0.1, -0.05) is 66.2 Å². The number of anilines is 1. The van der Waals surface area contributed by atoms with Crippen molar-refractivity contribution in [3.8, 4) is 16.8 Å². The lowest BCUT2D eigenvalue weighted by Crippen LogP contribution is -2.24. The zero-order valence-electron chi connectivity index (χ0n) is 16.8. The number of imidazole rings is 1. The highest BCUT2D eigenvalue weighted by Gasteiger charge is 2.13. The molecule has 0 saturated carbocycles. The van der Waals surface area contributed by atoms with E-state index in [1.807, 2.05) is 94.1 Å². The second-order valence-corrected chi connectivity index (χ2v) is 7.90. The SMILES string of the molecule is N=c1n(Cc2ccccc2Cl)c2ccccc2n1-c1ccc(-c2cccc(N)c2)cc1. The molecule has 0 radical (unpaired) electrons. The Hall–Kier alpha value is -3.76. The summed E-state index contributed by atoms with van der Waals surface area (Å²) >= 11 is 6.40. The molecule has 0 aliphatic heterocycles. The monoisotopic (exact) mass is 424 g/mol. The summed E-state index contributed by atoms with van der Waals surface area (Å²) in [4.78, 5) is 0. The molecule has 0 aliphatic rings. The number of aromatic nitrogens is 2. The van der Waals surface area contributed by atoms with Crippen LogP contribution in [0.25, 0.3) is 27.8 Å². The van der Waals surface area contributed by atoms with Crippen molar-refractivity contribution >= 4 is 28.3 Å². The molecule has 1 aromatic heterocycles. The number of nitrogens with two attached hydrogens (primary N) is 1. The van der Waals surface area contributed by atoms with Gasteiger partial charge in [0.2, 0.25) is 5.62 Å². The van der Waals surface area contributed by atoms with E-state index in [-0.39, 0.29) is 0 Å². The lowest BCUT2D eigenvalue weighted by atomic mass is 10.0. The van der Waals surface area contributed by atoms with E-state index in [1.165, 1.54) is 0 Å². The van der Waals surface area contributed by atoms with Crippen molar-refractivity contribution in [1.29, 1.82) is 5.41 Å². The average molecular weight is 425 g/mol. The number of halogens is 1. The molecule has 0 aliphatic carbocycles. The van der Waals surface area contributed by atoms with E-state index < -0.39 is 0 Å². The number of rotatable bonds is 4. The summed E-state index contributed by atoms with van der Waals surface area (Å²) in [7, 11) is 0. The lowest BCUT2D eigenvalue weighted by Gasteiger charge is -2.08. The summed E-state index contributed by atoms with van der Waals surface area (Å²) in [5.41, 5.74) is 13.1. The Balaban J connectivity index is 1.62. The van der Waals surface area contributed by atoms with Gasteiger partial charge in [-0.15, -0.1) is 0 Å². The molecular weight excluding hydrogens is 404 g/mol. The fourth-order valence-electron chi connectivity index (χ4n) is 3.97. The summed E-state index contributed by atoms with van der Waals surface area (Å²) in [6.07, 6.45) is 0. The number of nitrogens with zero attached hydrogens (tertiary/aromatic N) is 2. The van der Waals surface area contributed by atoms with Crippen molar-refractivity contribution < 1.29 is 0 Å². The van der Waals surface area contributed by atoms with Crippen LogP contribution in [0, 0.1) is 5.41 Å². The largest absolute Gasteiger partial charge is 0.399 e. The Morgan fingerprint density at radius 1 is 0.742 bits per heavy atom. The Morgan fingerprint density at radius 2 is 1.45 bits per heavy atom. The van der Waals surface area contributed by atoms with Crippen LogP contribution in [0.1, 0.15) is 5.56 Å². The van der Waals surface area contributed by atoms with E-state index in [1.54, 1.807) is 0 Å². The molecule has 0 fully saturated rings. The molecule has 5 rings (SSSR count). The third-order valence-electron chi connectivity index (χ3n) is 5.51. The van der Waals surface area contributed by atoms with Gasteiger partial charge in [0.05, 0.1) is 17.6 Å². The topological polar surface area (TPSA) is 59.7 Å². The van der Waals surface area contributed by atoms with Gasteiger partial charge < -0.3 is 10.3 Å². The third kappa shape index (κ3) is 3.51. The first kappa shape index (κ1) is 19.2. The third-order valence-corrected chi connectivity index (χ3v) is 5.88. The minimum absolute atomic E-state index is 0.401. The van der Waals surface area contributed by atoms with E-state index >= 15 is 0 Å². The molecule has 0 spiro atoms. The quantitative estimate of drug-likeness (QED) is 0.348. The molecule has 4 nitrogen and oxygen atoms in total. The maximum atomic E-state index is 8.94. The predicted octanol–water partition coefficient (Wildman–Crippen LogP) is 5.86. The summed E-state index contributed by atoms with van der Waals surface area (Å²) in [5.74, 6) is 0. The molecule has 0 amide bonds. The van der Waals surface area contributed by atoms with Crippen molar-refractivity contribution in [2.45, 2.75) is 6.54 Å². The van der Waals surface area contributed by atoms with Crippen molar-refractivity contribution in [3.05, 3.63) is 113 Å². The molecule has 0 bridgehead atoms. The van der Waals surface area contributed by atoms with Crippen LogP contribution in [0.2, 0.25) is 5.02 Å². The van der Waals surface area contributed by atoms with Gasteiger partial charge in [0.1, 0.15) is 0 Å².